The summed E-state index contributed by atoms with van der Waals surface area (Å²) in [7, 11) is -3.57. The van der Waals surface area contributed by atoms with Gasteiger partial charge in [-0.05, 0) is 0 Å². The highest BCUT2D eigenvalue weighted by atomic mass is 32.2. The summed E-state index contributed by atoms with van der Waals surface area (Å²) in [5.41, 5.74) is 4.78. The SMILES string of the molecule is CC(CS(N)(=O)=O)C(N)=O. The van der Waals surface area contributed by atoms with E-state index in [9.17, 15) is 13.2 Å². The summed E-state index contributed by atoms with van der Waals surface area (Å²) in [5, 5.41) is 4.64. The molecular weight excluding hydrogens is 156 g/mol. The molecule has 1 unspecified atom stereocenters. The Kier molecular flexibility index (Phi) is 2.79. The van der Waals surface area contributed by atoms with Gasteiger partial charge in [-0.2, -0.15) is 0 Å². The summed E-state index contributed by atoms with van der Waals surface area (Å²) in [4.78, 5) is 10.3. The minimum absolute atomic E-state index is 0.387. The van der Waals surface area contributed by atoms with Crippen LogP contribution in [-0.2, 0) is 14.8 Å². The van der Waals surface area contributed by atoms with E-state index in [1.165, 1.54) is 6.92 Å². The van der Waals surface area contributed by atoms with Crippen LogP contribution in [-0.4, -0.2) is 20.1 Å². The molecule has 0 fully saturated rings. The van der Waals surface area contributed by atoms with Crippen molar-refractivity contribution in [1.29, 1.82) is 0 Å². The molecule has 0 aliphatic rings. The molecule has 0 spiro atoms. The van der Waals surface area contributed by atoms with Crippen LogP contribution >= 0.6 is 0 Å². The Balaban J connectivity index is 4.06. The van der Waals surface area contributed by atoms with Gasteiger partial charge in [0.25, 0.3) is 0 Å². The summed E-state index contributed by atoms with van der Waals surface area (Å²) in [6, 6.07) is 0. The number of primary amides is 1. The lowest BCUT2D eigenvalue weighted by atomic mass is 10.2. The number of amides is 1. The lowest BCUT2D eigenvalue weighted by molar-refractivity contribution is -0.120. The third kappa shape index (κ3) is 4.28. The van der Waals surface area contributed by atoms with Crippen LogP contribution in [0.4, 0.5) is 0 Å². The lowest BCUT2D eigenvalue weighted by Crippen LogP contribution is -2.30. The molecule has 0 radical (unpaired) electrons. The van der Waals surface area contributed by atoms with Crippen LogP contribution in [0.2, 0.25) is 0 Å². The minimum Gasteiger partial charge on any atom is -0.369 e. The molecule has 0 aromatic heterocycles. The smallest absolute Gasteiger partial charge is 0.221 e. The zero-order chi connectivity index (χ0) is 8.36. The van der Waals surface area contributed by atoms with Gasteiger partial charge in [0.2, 0.25) is 15.9 Å². The first-order valence-electron chi connectivity index (χ1n) is 2.62. The number of sulfonamides is 1. The van der Waals surface area contributed by atoms with Crippen molar-refractivity contribution in [3.05, 3.63) is 0 Å². The van der Waals surface area contributed by atoms with Crippen molar-refractivity contribution in [2.75, 3.05) is 5.75 Å². The standard InChI is InChI=1S/C4H10N2O3S/c1-3(4(5)7)2-10(6,8)9/h3H,2H2,1H3,(H2,5,7)(H2,6,8,9). The molecule has 0 heterocycles. The number of hydrogen-bond donors (Lipinski definition) is 2. The Morgan fingerprint density at radius 2 is 2.00 bits per heavy atom. The van der Waals surface area contributed by atoms with Crippen molar-refractivity contribution in [3.8, 4) is 0 Å². The second-order valence-corrected chi connectivity index (χ2v) is 3.79. The molecule has 0 aromatic carbocycles. The van der Waals surface area contributed by atoms with Crippen molar-refractivity contribution >= 4 is 15.9 Å². The number of carbonyl (C=O) groups is 1. The van der Waals surface area contributed by atoms with Gasteiger partial charge < -0.3 is 5.73 Å². The van der Waals surface area contributed by atoms with Gasteiger partial charge in [0.15, 0.2) is 0 Å². The van der Waals surface area contributed by atoms with Crippen LogP contribution in [0.3, 0.4) is 0 Å². The van der Waals surface area contributed by atoms with E-state index in [0.29, 0.717) is 0 Å². The monoisotopic (exact) mass is 166 g/mol. The first-order chi connectivity index (χ1) is 4.33. The maximum absolute atomic E-state index is 10.3. The van der Waals surface area contributed by atoms with Crippen LogP contribution in [0.5, 0.6) is 0 Å². The normalized spacial score (nSPS) is 14.6. The molecule has 0 aliphatic heterocycles. The Labute approximate surface area is 59.4 Å². The van der Waals surface area contributed by atoms with Crippen LogP contribution in [0.15, 0.2) is 0 Å². The maximum atomic E-state index is 10.3. The van der Waals surface area contributed by atoms with E-state index in [2.05, 4.69) is 5.14 Å². The quantitative estimate of drug-likeness (QED) is 0.527. The number of rotatable bonds is 3. The Bertz CT molecular complexity index is 221. The predicted octanol–water partition coefficient (Wildman–Crippen LogP) is -1.60. The summed E-state index contributed by atoms with van der Waals surface area (Å²) < 4.78 is 20.6. The maximum Gasteiger partial charge on any atom is 0.221 e. The van der Waals surface area contributed by atoms with Gasteiger partial charge in [-0.15, -0.1) is 0 Å². The van der Waals surface area contributed by atoms with Crippen molar-refractivity contribution in [2.24, 2.45) is 16.8 Å². The van der Waals surface area contributed by atoms with E-state index in [1.807, 2.05) is 0 Å². The van der Waals surface area contributed by atoms with E-state index in [-0.39, 0.29) is 5.75 Å². The van der Waals surface area contributed by atoms with E-state index >= 15 is 0 Å². The lowest BCUT2D eigenvalue weighted by Gasteiger charge is -2.02. The van der Waals surface area contributed by atoms with E-state index < -0.39 is 21.8 Å². The molecule has 0 saturated heterocycles. The molecule has 60 valence electrons. The highest BCUT2D eigenvalue weighted by Crippen LogP contribution is 1.95. The van der Waals surface area contributed by atoms with Crippen molar-refractivity contribution in [1.82, 2.24) is 0 Å². The highest BCUT2D eigenvalue weighted by Gasteiger charge is 2.15. The summed E-state index contributed by atoms with van der Waals surface area (Å²) >= 11 is 0. The number of hydrogen-bond acceptors (Lipinski definition) is 3. The number of primary sulfonamides is 1. The van der Waals surface area contributed by atoms with E-state index in [4.69, 9.17) is 5.73 Å². The zero-order valence-electron chi connectivity index (χ0n) is 5.57. The first kappa shape index (κ1) is 9.38. The van der Waals surface area contributed by atoms with Crippen molar-refractivity contribution in [3.63, 3.8) is 0 Å². The van der Waals surface area contributed by atoms with Gasteiger partial charge >= 0.3 is 0 Å². The fraction of sp³-hybridized carbons (Fsp3) is 0.750. The molecule has 4 N–H and O–H groups in total. The Morgan fingerprint density at radius 3 is 2.10 bits per heavy atom. The summed E-state index contributed by atoms with van der Waals surface area (Å²) in [5.74, 6) is -1.76. The fourth-order valence-electron chi connectivity index (χ4n) is 0.431. The minimum atomic E-state index is -3.57. The average Bonchev–Trinajstić information content (AvgIpc) is 1.60. The third-order valence-electron chi connectivity index (χ3n) is 0.968. The first-order valence-corrected chi connectivity index (χ1v) is 4.34. The third-order valence-corrected chi connectivity index (χ3v) is 1.93. The average molecular weight is 166 g/mol. The molecule has 5 nitrogen and oxygen atoms in total. The van der Waals surface area contributed by atoms with E-state index in [0.717, 1.165) is 0 Å². The van der Waals surface area contributed by atoms with Crippen LogP contribution in [0.25, 0.3) is 0 Å². The second kappa shape index (κ2) is 2.98. The number of nitrogens with two attached hydrogens (primary N) is 2. The van der Waals surface area contributed by atoms with Gasteiger partial charge in [0.05, 0.1) is 11.7 Å². The van der Waals surface area contributed by atoms with Gasteiger partial charge in [-0.3, -0.25) is 4.79 Å². The van der Waals surface area contributed by atoms with Crippen molar-refractivity contribution < 1.29 is 13.2 Å². The summed E-state index contributed by atoms with van der Waals surface area (Å²) in [6.45, 7) is 1.41. The predicted molar refractivity (Wildman–Crippen MR) is 36.3 cm³/mol. The molecule has 0 aromatic rings. The molecule has 1 amide bonds. The van der Waals surface area contributed by atoms with Crippen LogP contribution in [0, 0.1) is 5.92 Å². The summed E-state index contributed by atoms with van der Waals surface area (Å²) in [6.07, 6.45) is 0. The van der Waals surface area contributed by atoms with Crippen molar-refractivity contribution in [2.45, 2.75) is 6.92 Å². The largest absolute Gasteiger partial charge is 0.369 e. The fourth-order valence-corrected chi connectivity index (χ4v) is 1.29. The molecule has 6 heteroatoms. The van der Waals surface area contributed by atoms with Gasteiger partial charge in [0.1, 0.15) is 0 Å². The van der Waals surface area contributed by atoms with Gasteiger partial charge in [-0.1, -0.05) is 6.92 Å². The molecule has 0 rings (SSSR count). The zero-order valence-corrected chi connectivity index (χ0v) is 6.39. The van der Waals surface area contributed by atoms with Crippen LogP contribution in [0.1, 0.15) is 6.92 Å². The number of carbonyl (C=O) groups excluding carboxylic acids is 1. The van der Waals surface area contributed by atoms with Crippen LogP contribution < -0.4 is 10.9 Å². The molecule has 0 aliphatic carbocycles. The van der Waals surface area contributed by atoms with E-state index in [1.54, 1.807) is 0 Å². The topological polar surface area (TPSA) is 103 Å². The molecule has 0 bridgehead atoms. The van der Waals surface area contributed by atoms with Gasteiger partial charge in [-0.25, -0.2) is 13.6 Å². The molecule has 0 saturated carbocycles. The second-order valence-electron chi connectivity index (χ2n) is 2.13. The van der Waals surface area contributed by atoms with Gasteiger partial charge in [0, 0.05) is 0 Å². The molecular formula is C4H10N2O3S. The Morgan fingerprint density at radius 1 is 1.60 bits per heavy atom. The highest BCUT2D eigenvalue weighted by molar-refractivity contribution is 7.89. The molecule has 10 heavy (non-hydrogen) atoms. The Hall–Kier alpha value is -0.620. The molecule has 1 atom stereocenters.